The van der Waals surface area contributed by atoms with Gasteiger partial charge in [-0.05, 0) is 37.5 Å². The van der Waals surface area contributed by atoms with Crippen molar-refractivity contribution >= 4 is 17.8 Å². The molecule has 0 spiro atoms. The Kier molecular flexibility index (Phi) is 4.65. The largest absolute Gasteiger partial charge is 0.497 e. The first-order chi connectivity index (χ1) is 11.9. The average molecular weight is 346 g/mol. The van der Waals surface area contributed by atoms with Crippen LogP contribution in [0.15, 0.2) is 24.3 Å². The number of methoxy groups -OCH3 is 1. The van der Waals surface area contributed by atoms with Crippen molar-refractivity contribution in [2.75, 3.05) is 7.11 Å². The molecule has 1 heterocycles. The Labute approximate surface area is 146 Å². The molecule has 1 aromatic carbocycles. The smallest absolute Gasteiger partial charge is 0.325 e. The molecule has 3 rings (SSSR count). The third-order valence-electron chi connectivity index (χ3n) is 4.80. The SMILES string of the molecule is COc1cccc(C2C(C(=O)N[C@@H](C)C(=O)O)CC(=O)N2C2CC2)c1. The highest BCUT2D eigenvalue weighted by Crippen LogP contribution is 2.45. The molecular formula is C18H22N2O5. The van der Waals surface area contributed by atoms with Gasteiger partial charge in [0.15, 0.2) is 0 Å². The number of benzene rings is 1. The summed E-state index contributed by atoms with van der Waals surface area (Å²) in [7, 11) is 1.57. The minimum absolute atomic E-state index is 0.0570. The summed E-state index contributed by atoms with van der Waals surface area (Å²) in [5.74, 6) is -1.51. The molecule has 0 radical (unpaired) electrons. The van der Waals surface area contributed by atoms with Crippen LogP contribution in [0, 0.1) is 5.92 Å². The number of likely N-dealkylation sites (tertiary alicyclic amines) is 1. The highest BCUT2D eigenvalue weighted by molar-refractivity contribution is 5.92. The maximum Gasteiger partial charge on any atom is 0.325 e. The fourth-order valence-electron chi connectivity index (χ4n) is 3.37. The van der Waals surface area contributed by atoms with Gasteiger partial charge in [-0.15, -0.1) is 0 Å². The average Bonchev–Trinajstić information content (AvgIpc) is 3.36. The van der Waals surface area contributed by atoms with Gasteiger partial charge in [0, 0.05) is 12.5 Å². The van der Waals surface area contributed by atoms with E-state index < -0.39 is 29.9 Å². The standard InChI is InChI=1S/C18H22N2O5/c1-10(18(23)24)19-17(22)14-9-15(21)20(12-6-7-12)16(14)11-4-3-5-13(8-11)25-2/h3-5,8,10,12,14,16H,6-7,9H2,1-2H3,(H,19,22)(H,23,24)/t10-,14?,16?/m0/s1. The Morgan fingerprint density at radius 1 is 1.36 bits per heavy atom. The number of nitrogens with one attached hydrogen (secondary N) is 1. The zero-order valence-corrected chi connectivity index (χ0v) is 14.3. The van der Waals surface area contributed by atoms with E-state index in [-0.39, 0.29) is 18.4 Å². The van der Waals surface area contributed by atoms with Crippen molar-refractivity contribution in [1.29, 1.82) is 0 Å². The summed E-state index contributed by atoms with van der Waals surface area (Å²) in [6.07, 6.45) is 1.97. The fraction of sp³-hybridized carbons (Fsp3) is 0.500. The molecule has 3 atom stereocenters. The van der Waals surface area contributed by atoms with Crippen LogP contribution in [0.3, 0.4) is 0 Å². The van der Waals surface area contributed by atoms with Crippen molar-refractivity contribution in [3.05, 3.63) is 29.8 Å². The predicted molar refractivity (Wildman–Crippen MR) is 89.0 cm³/mol. The lowest BCUT2D eigenvalue weighted by molar-refractivity contribution is -0.142. The first-order valence-electron chi connectivity index (χ1n) is 8.40. The maximum atomic E-state index is 12.6. The van der Waals surface area contributed by atoms with Gasteiger partial charge in [0.1, 0.15) is 11.8 Å². The monoisotopic (exact) mass is 346 g/mol. The minimum Gasteiger partial charge on any atom is -0.497 e. The Hall–Kier alpha value is -2.57. The molecule has 1 aromatic rings. The zero-order chi connectivity index (χ0) is 18.1. The van der Waals surface area contributed by atoms with Crippen molar-refractivity contribution in [2.24, 2.45) is 5.92 Å². The van der Waals surface area contributed by atoms with Crippen LogP contribution in [0.5, 0.6) is 5.75 Å². The fourth-order valence-corrected chi connectivity index (χ4v) is 3.37. The summed E-state index contributed by atoms with van der Waals surface area (Å²) >= 11 is 0. The zero-order valence-electron chi connectivity index (χ0n) is 14.3. The van der Waals surface area contributed by atoms with Crippen LogP contribution < -0.4 is 10.1 Å². The van der Waals surface area contributed by atoms with E-state index in [1.54, 1.807) is 12.0 Å². The summed E-state index contributed by atoms with van der Waals surface area (Å²) in [5.41, 5.74) is 0.834. The second kappa shape index (κ2) is 6.74. The minimum atomic E-state index is -1.10. The Morgan fingerprint density at radius 2 is 2.08 bits per heavy atom. The van der Waals surface area contributed by atoms with Crippen LogP contribution in [0.25, 0.3) is 0 Å². The van der Waals surface area contributed by atoms with Crippen molar-refractivity contribution in [3.63, 3.8) is 0 Å². The predicted octanol–water partition coefficient (Wildman–Crippen LogP) is 1.34. The van der Waals surface area contributed by atoms with Gasteiger partial charge in [-0.1, -0.05) is 12.1 Å². The van der Waals surface area contributed by atoms with Crippen LogP contribution in [-0.4, -0.2) is 47.0 Å². The molecule has 134 valence electrons. The molecule has 7 nitrogen and oxygen atoms in total. The lowest BCUT2D eigenvalue weighted by Crippen LogP contribution is -2.43. The molecule has 0 bridgehead atoms. The number of hydrogen-bond donors (Lipinski definition) is 2. The van der Waals surface area contributed by atoms with E-state index in [0.717, 1.165) is 18.4 Å². The molecule has 1 aliphatic carbocycles. The number of carbonyl (C=O) groups is 3. The van der Waals surface area contributed by atoms with E-state index in [0.29, 0.717) is 5.75 Å². The van der Waals surface area contributed by atoms with Crippen LogP contribution in [0.2, 0.25) is 0 Å². The summed E-state index contributed by atoms with van der Waals surface area (Å²) in [6, 6.07) is 6.12. The number of ether oxygens (including phenoxy) is 1. The van der Waals surface area contributed by atoms with Gasteiger partial charge in [0.2, 0.25) is 11.8 Å². The molecule has 1 aliphatic heterocycles. The van der Waals surface area contributed by atoms with E-state index in [1.807, 2.05) is 24.3 Å². The first kappa shape index (κ1) is 17.3. The highest BCUT2D eigenvalue weighted by Gasteiger charge is 2.50. The Morgan fingerprint density at radius 3 is 2.68 bits per heavy atom. The van der Waals surface area contributed by atoms with Gasteiger partial charge >= 0.3 is 5.97 Å². The molecule has 2 aliphatic rings. The number of nitrogens with zero attached hydrogens (tertiary/aromatic N) is 1. The first-order valence-corrected chi connectivity index (χ1v) is 8.40. The molecule has 2 fully saturated rings. The second-order valence-corrected chi connectivity index (χ2v) is 6.63. The van der Waals surface area contributed by atoms with Gasteiger partial charge in [-0.2, -0.15) is 0 Å². The van der Waals surface area contributed by atoms with Gasteiger partial charge in [-0.3, -0.25) is 14.4 Å². The third-order valence-corrected chi connectivity index (χ3v) is 4.80. The van der Waals surface area contributed by atoms with Gasteiger partial charge in [-0.25, -0.2) is 0 Å². The molecule has 0 aromatic heterocycles. The maximum absolute atomic E-state index is 12.6. The van der Waals surface area contributed by atoms with E-state index in [9.17, 15) is 14.4 Å². The normalized spacial score (nSPS) is 24.1. The molecule has 2 N–H and O–H groups in total. The quantitative estimate of drug-likeness (QED) is 0.810. The van der Waals surface area contributed by atoms with Gasteiger partial charge in [0.05, 0.1) is 19.1 Å². The topological polar surface area (TPSA) is 95.9 Å². The summed E-state index contributed by atoms with van der Waals surface area (Å²) in [4.78, 5) is 38.0. The number of amides is 2. The molecule has 7 heteroatoms. The second-order valence-electron chi connectivity index (χ2n) is 6.63. The van der Waals surface area contributed by atoms with E-state index >= 15 is 0 Å². The van der Waals surface area contributed by atoms with Gasteiger partial charge < -0.3 is 20.1 Å². The Balaban J connectivity index is 1.91. The van der Waals surface area contributed by atoms with E-state index in [4.69, 9.17) is 9.84 Å². The summed E-state index contributed by atoms with van der Waals surface area (Å²) < 4.78 is 5.26. The van der Waals surface area contributed by atoms with E-state index in [1.165, 1.54) is 6.92 Å². The van der Waals surface area contributed by atoms with Crippen molar-refractivity contribution in [1.82, 2.24) is 10.2 Å². The number of aliphatic carboxylic acids is 1. The van der Waals surface area contributed by atoms with Crippen LogP contribution in [-0.2, 0) is 14.4 Å². The third kappa shape index (κ3) is 3.45. The van der Waals surface area contributed by atoms with E-state index in [2.05, 4.69) is 5.32 Å². The number of hydrogen-bond acceptors (Lipinski definition) is 4. The summed E-state index contributed by atoms with van der Waals surface area (Å²) in [6.45, 7) is 1.41. The summed E-state index contributed by atoms with van der Waals surface area (Å²) in [5, 5.41) is 11.5. The van der Waals surface area contributed by atoms with Crippen LogP contribution >= 0.6 is 0 Å². The van der Waals surface area contributed by atoms with Crippen molar-refractivity contribution in [3.8, 4) is 5.75 Å². The number of rotatable bonds is 6. The van der Waals surface area contributed by atoms with Crippen LogP contribution in [0.1, 0.15) is 37.8 Å². The molecule has 1 saturated carbocycles. The number of carboxylic acids is 1. The molecule has 1 saturated heterocycles. The lowest BCUT2D eigenvalue weighted by atomic mass is 9.92. The highest BCUT2D eigenvalue weighted by atomic mass is 16.5. The van der Waals surface area contributed by atoms with Crippen molar-refractivity contribution < 1.29 is 24.2 Å². The Bertz CT molecular complexity index is 700. The van der Waals surface area contributed by atoms with Gasteiger partial charge in [0.25, 0.3) is 0 Å². The molecule has 2 amide bonds. The molecular weight excluding hydrogens is 324 g/mol. The molecule has 25 heavy (non-hydrogen) atoms. The lowest BCUT2D eigenvalue weighted by Gasteiger charge is -2.29. The van der Waals surface area contributed by atoms with Crippen LogP contribution in [0.4, 0.5) is 0 Å². The molecule has 2 unspecified atom stereocenters. The van der Waals surface area contributed by atoms with Crippen molar-refractivity contribution in [2.45, 2.75) is 44.3 Å². The number of carbonyl (C=O) groups excluding carboxylic acids is 2. The number of carboxylic acid groups (broad SMARTS) is 1.